The second kappa shape index (κ2) is 5.71. The van der Waals surface area contributed by atoms with E-state index in [9.17, 15) is 0 Å². The van der Waals surface area contributed by atoms with Gasteiger partial charge >= 0.3 is 0 Å². The molecule has 2 unspecified atom stereocenters. The van der Waals surface area contributed by atoms with Gasteiger partial charge in [0.05, 0.1) is 6.10 Å². The number of hydrogen-bond acceptors (Lipinski definition) is 3. The zero-order valence-electron chi connectivity index (χ0n) is 9.95. The summed E-state index contributed by atoms with van der Waals surface area (Å²) in [5, 5.41) is 13.2. The first-order valence-electron chi connectivity index (χ1n) is 5.99. The van der Waals surface area contributed by atoms with Crippen LogP contribution in [0.2, 0.25) is 5.02 Å². The van der Waals surface area contributed by atoms with Crippen molar-refractivity contribution in [2.75, 3.05) is 13.1 Å². The Hall–Kier alpha value is -0.770. The Morgan fingerprint density at radius 2 is 2.41 bits per heavy atom. The second-order valence-corrected chi connectivity index (χ2v) is 4.97. The monoisotopic (exact) mass is 255 g/mol. The van der Waals surface area contributed by atoms with Crippen molar-refractivity contribution in [3.05, 3.63) is 28.8 Å². The molecule has 0 fully saturated rings. The molecule has 2 N–H and O–H groups in total. The Morgan fingerprint density at radius 1 is 1.59 bits per heavy atom. The Morgan fingerprint density at radius 3 is 3.18 bits per heavy atom. The molecular formula is C13H18ClNO2. The molecule has 0 saturated carbocycles. The summed E-state index contributed by atoms with van der Waals surface area (Å²) in [5.74, 6) is 0.941. The topological polar surface area (TPSA) is 41.5 Å². The molecule has 0 aliphatic carbocycles. The highest BCUT2D eigenvalue weighted by Crippen LogP contribution is 2.30. The van der Waals surface area contributed by atoms with Gasteiger partial charge in [0.25, 0.3) is 0 Å². The third kappa shape index (κ3) is 3.60. The van der Waals surface area contributed by atoms with Gasteiger partial charge in [-0.25, -0.2) is 0 Å². The molecular weight excluding hydrogens is 238 g/mol. The summed E-state index contributed by atoms with van der Waals surface area (Å²) in [7, 11) is 0. The van der Waals surface area contributed by atoms with Crippen LogP contribution in [-0.2, 0) is 6.42 Å². The van der Waals surface area contributed by atoms with Crippen molar-refractivity contribution >= 4 is 11.6 Å². The van der Waals surface area contributed by atoms with Gasteiger partial charge in [-0.15, -0.1) is 0 Å². The average Bonchev–Trinajstić information content (AvgIpc) is 2.66. The van der Waals surface area contributed by atoms with Gasteiger partial charge in [0.15, 0.2) is 0 Å². The van der Waals surface area contributed by atoms with E-state index in [2.05, 4.69) is 5.32 Å². The smallest absolute Gasteiger partial charge is 0.123 e. The van der Waals surface area contributed by atoms with Gasteiger partial charge in [-0.05, 0) is 43.7 Å². The van der Waals surface area contributed by atoms with E-state index in [1.807, 2.05) is 18.2 Å². The fourth-order valence-electron chi connectivity index (χ4n) is 1.98. The molecule has 1 aliphatic rings. The summed E-state index contributed by atoms with van der Waals surface area (Å²) < 4.78 is 5.79. The van der Waals surface area contributed by atoms with Crippen molar-refractivity contribution in [2.45, 2.75) is 32.0 Å². The van der Waals surface area contributed by atoms with Crippen LogP contribution in [0.3, 0.4) is 0 Å². The van der Waals surface area contributed by atoms with Crippen LogP contribution >= 0.6 is 11.6 Å². The summed E-state index contributed by atoms with van der Waals surface area (Å²) in [6, 6.07) is 5.74. The molecule has 0 aromatic heterocycles. The third-order valence-electron chi connectivity index (χ3n) is 2.87. The maximum atomic E-state index is 9.13. The van der Waals surface area contributed by atoms with E-state index in [1.54, 1.807) is 6.92 Å². The van der Waals surface area contributed by atoms with Crippen LogP contribution in [0.4, 0.5) is 0 Å². The van der Waals surface area contributed by atoms with E-state index < -0.39 is 0 Å². The molecule has 0 bridgehead atoms. The van der Waals surface area contributed by atoms with Gasteiger partial charge in [0.2, 0.25) is 0 Å². The van der Waals surface area contributed by atoms with Crippen molar-refractivity contribution in [3.63, 3.8) is 0 Å². The van der Waals surface area contributed by atoms with E-state index in [-0.39, 0.29) is 12.2 Å². The van der Waals surface area contributed by atoms with Crippen LogP contribution in [0.5, 0.6) is 5.75 Å². The number of hydrogen-bond donors (Lipinski definition) is 2. The highest BCUT2D eigenvalue weighted by Gasteiger charge is 2.22. The van der Waals surface area contributed by atoms with Crippen molar-refractivity contribution in [1.29, 1.82) is 0 Å². The van der Waals surface area contributed by atoms with Gasteiger partial charge in [-0.2, -0.15) is 0 Å². The lowest BCUT2D eigenvalue weighted by molar-refractivity contribution is 0.178. The van der Waals surface area contributed by atoms with E-state index in [4.69, 9.17) is 21.4 Å². The molecule has 4 heteroatoms. The molecule has 3 nitrogen and oxygen atoms in total. The number of aliphatic hydroxyl groups excluding tert-OH is 1. The molecule has 0 spiro atoms. The van der Waals surface area contributed by atoms with Crippen molar-refractivity contribution < 1.29 is 9.84 Å². The Kier molecular flexibility index (Phi) is 4.26. The summed E-state index contributed by atoms with van der Waals surface area (Å²) in [4.78, 5) is 0. The van der Waals surface area contributed by atoms with Gasteiger partial charge in [0.1, 0.15) is 11.9 Å². The standard InChI is InChI=1S/C13H18ClNO2/c1-9(16)4-5-15-8-12-7-10-6-11(14)2-3-13(10)17-12/h2-3,6,9,12,15-16H,4-5,7-8H2,1H3. The van der Waals surface area contributed by atoms with Crippen molar-refractivity contribution in [2.24, 2.45) is 0 Å². The van der Waals surface area contributed by atoms with Crippen LogP contribution < -0.4 is 10.1 Å². The molecule has 17 heavy (non-hydrogen) atoms. The molecule has 0 radical (unpaired) electrons. The lowest BCUT2D eigenvalue weighted by Crippen LogP contribution is -2.31. The normalized spacial score (nSPS) is 19.8. The largest absolute Gasteiger partial charge is 0.488 e. The van der Waals surface area contributed by atoms with E-state index >= 15 is 0 Å². The maximum absolute atomic E-state index is 9.13. The van der Waals surface area contributed by atoms with Gasteiger partial charge in [-0.1, -0.05) is 11.6 Å². The molecule has 2 rings (SSSR count). The molecule has 1 aliphatic heterocycles. The highest BCUT2D eigenvalue weighted by molar-refractivity contribution is 6.30. The Labute approximate surface area is 107 Å². The number of fused-ring (bicyclic) bond motifs is 1. The van der Waals surface area contributed by atoms with Crippen molar-refractivity contribution in [3.8, 4) is 5.75 Å². The van der Waals surface area contributed by atoms with Gasteiger partial charge in [0, 0.05) is 18.0 Å². The number of nitrogens with one attached hydrogen (secondary N) is 1. The number of ether oxygens (including phenoxy) is 1. The first-order valence-corrected chi connectivity index (χ1v) is 6.37. The minimum atomic E-state index is -0.247. The van der Waals surface area contributed by atoms with E-state index in [0.717, 1.165) is 36.7 Å². The average molecular weight is 256 g/mol. The fourth-order valence-corrected chi connectivity index (χ4v) is 2.17. The highest BCUT2D eigenvalue weighted by atomic mass is 35.5. The first kappa shape index (κ1) is 12.7. The molecule has 1 aromatic carbocycles. The number of rotatable bonds is 5. The van der Waals surface area contributed by atoms with Crippen LogP contribution in [0.15, 0.2) is 18.2 Å². The van der Waals surface area contributed by atoms with Crippen LogP contribution in [0, 0.1) is 0 Å². The van der Waals surface area contributed by atoms with Crippen LogP contribution in [0.25, 0.3) is 0 Å². The Balaban J connectivity index is 1.76. The summed E-state index contributed by atoms with van der Waals surface area (Å²) in [6.07, 6.45) is 1.60. The SMILES string of the molecule is CC(O)CCNCC1Cc2cc(Cl)ccc2O1. The van der Waals surface area contributed by atoms with Crippen molar-refractivity contribution in [1.82, 2.24) is 5.32 Å². The molecule has 0 saturated heterocycles. The second-order valence-electron chi connectivity index (χ2n) is 4.54. The zero-order chi connectivity index (χ0) is 12.3. The molecule has 1 aromatic rings. The molecule has 94 valence electrons. The summed E-state index contributed by atoms with van der Waals surface area (Å²) in [5.41, 5.74) is 1.18. The number of benzene rings is 1. The number of halogens is 1. The molecule has 2 atom stereocenters. The lowest BCUT2D eigenvalue weighted by atomic mass is 10.1. The predicted molar refractivity (Wildman–Crippen MR) is 68.7 cm³/mol. The quantitative estimate of drug-likeness (QED) is 0.791. The fraction of sp³-hybridized carbons (Fsp3) is 0.538. The van der Waals surface area contributed by atoms with Crippen LogP contribution in [-0.4, -0.2) is 30.4 Å². The predicted octanol–water partition coefficient (Wildman–Crippen LogP) is 2.00. The third-order valence-corrected chi connectivity index (χ3v) is 3.11. The lowest BCUT2D eigenvalue weighted by Gasteiger charge is -2.12. The minimum absolute atomic E-state index is 0.178. The maximum Gasteiger partial charge on any atom is 0.123 e. The first-order chi connectivity index (χ1) is 8.15. The Bertz CT molecular complexity index is 382. The van der Waals surface area contributed by atoms with E-state index in [0.29, 0.717) is 0 Å². The van der Waals surface area contributed by atoms with Gasteiger partial charge in [-0.3, -0.25) is 0 Å². The summed E-state index contributed by atoms with van der Waals surface area (Å²) >= 11 is 5.93. The summed E-state index contributed by atoms with van der Waals surface area (Å²) in [6.45, 7) is 3.42. The molecule has 0 amide bonds. The van der Waals surface area contributed by atoms with Crippen LogP contribution in [0.1, 0.15) is 18.9 Å². The van der Waals surface area contributed by atoms with Gasteiger partial charge < -0.3 is 15.2 Å². The number of aliphatic hydroxyl groups is 1. The minimum Gasteiger partial charge on any atom is -0.488 e. The molecule has 1 heterocycles. The van der Waals surface area contributed by atoms with E-state index in [1.165, 1.54) is 5.56 Å². The zero-order valence-corrected chi connectivity index (χ0v) is 10.7.